The van der Waals surface area contributed by atoms with Crippen LogP contribution in [0.1, 0.15) is 43.6 Å². The summed E-state index contributed by atoms with van der Waals surface area (Å²) in [5.74, 6) is 3.48. The second-order valence-electron chi connectivity index (χ2n) is 3.96. The minimum atomic E-state index is 0.559. The fourth-order valence-electron chi connectivity index (χ4n) is 1.48. The maximum atomic E-state index is 6.10. The van der Waals surface area contributed by atoms with Crippen LogP contribution in [0.3, 0.4) is 0 Å². The summed E-state index contributed by atoms with van der Waals surface area (Å²) < 4.78 is 0.890. The van der Waals surface area contributed by atoms with E-state index in [9.17, 15) is 0 Å². The Labute approximate surface area is 114 Å². The highest BCUT2D eigenvalue weighted by atomic mass is 79.9. The van der Waals surface area contributed by atoms with E-state index in [1.54, 1.807) is 0 Å². The van der Waals surface area contributed by atoms with Gasteiger partial charge in [0.25, 0.3) is 0 Å². The fourth-order valence-corrected chi connectivity index (χ4v) is 2.92. The molecule has 0 amide bonds. The van der Waals surface area contributed by atoms with Crippen molar-refractivity contribution in [3.05, 3.63) is 21.1 Å². The number of aromatic nitrogens is 2. The Morgan fingerprint density at radius 1 is 1.44 bits per heavy atom. The summed E-state index contributed by atoms with van der Waals surface area (Å²) in [5, 5.41) is 0.559. The Balaban J connectivity index is 2.13. The molecule has 0 atom stereocenters. The molecule has 0 saturated heterocycles. The third-order valence-corrected chi connectivity index (χ3v) is 4.87. The van der Waals surface area contributed by atoms with Gasteiger partial charge in [-0.3, -0.25) is 0 Å². The Morgan fingerprint density at radius 2 is 2.19 bits per heavy atom. The van der Waals surface area contributed by atoms with Gasteiger partial charge >= 0.3 is 0 Å². The molecule has 0 unspecified atom stereocenters. The van der Waals surface area contributed by atoms with Gasteiger partial charge in [-0.1, -0.05) is 18.5 Å². The largest absolute Gasteiger partial charge is 0.235 e. The molecule has 1 aromatic rings. The smallest absolute Gasteiger partial charge is 0.147 e. The first-order valence-corrected chi connectivity index (χ1v) is 7.84. The Morgan fingerprint density at radius 3 is 2.81 bits per heavy atom. The zero-order valence-electron chi connectivity index (χ0n) is 9.17. The van der Waals surface area contributed by atoms with Gasteiger partial charge in [0.1, 0.15) is 11.0 Å². The van der Waals surface area contributed by atoms with E-state index in [1.807, 2.05) is 11.8 Å². The molecule has 0 bridgehead atoms. The lowest BCUT2D eigenvalue weighted by Gasteiger charge is -2.06. The van der Waals surface area contributed by atoms with Gasteiger partial charge in [-0.05, 0) is 40.9 Å². The lowest BCUT2D eigenvalue weighted by Crippen LogP contribution is -2.00. The average molecular weight is 322 g/mol. The van der Waals surface area contributed by atoms with E-state index in [0.717, 1.165) is 27.5 Å². The molecule has 1 fully saturated rings. The highest BCUT2D eigenvalue weighted by Crippen LogP contribution is 2.43. The first-order chi connectivity index (χ1) is 7.72. The molecule has 0 radical (unpaired) electrons. The molecule has 2 nitrogen and oxygen atoms in total. The predicted octanol–water partition coefficient (Wildman–Crippen LogP) is 4.41. The van der Waals surface area contributed by atoms with Crippen LogP contribution < -0.4 is 0 Å². The summed E-state index contributed by atoms with van der Waals surface area (Å²) in [5.41, 5.74) is 1.10. The zero-order valence-corrected chi connectivity index (χ0v) is 12.3. The first kappa shape index (κ1) is 12.7. The summed E-state index contributed by atoms with van der Waals surface area (Å²) >= 11 is 11.4. The first-order valence-electron chi connectivity index (χ1n) is 5.52. The number of thioether (sulfide) groups is 1. The van der Waals surface area contributed by atoms with E-state index >= 15 is 0 Å². The number of hydrogen-bond donors (Lipinski definition) is 0. The molecule has 0 aliphatic heterocycles. The molecule has 88 valence electrons. The summed E-state index contributed by atoms with van der Waals surface area (Å²) in [6.45, 7) is 2.18. The van der Waals surface area contributed by atoms with Crippen LogP contribution in [0.2, 0.25) is 5.15 Å². The third kappa shape index (κ3) is 3.11. The van der Waals surface area contributed by atoms with Crippen LogP contribution in [0.4, 0.5) is 0 Å². The van der Waals surface area contributed by atoms with Crippen molar-refractivity contribution in [3.63, 3.8) is 0 Å². The maximum Gasteiger partial charge on any atom is 0.147 e. The third-order valence-electron chi connectivity index (χ3n) is 2.43. The van der Waals surface area contributed by atoms with Crippen LogP contribution in [0.25, 0.3) is 0 Å². The molecule has 1 saturated carbocycles. The molecule has 0 aromatic carbocycles. The number of hydrogen-bond acceptors (Lipinski definition) is 3. The van der Waals surface area contributed by atoms with Crippen LogP contribution in [0, 0.1) is 0 Å². The second-order valence-corrected chi connectivity index (χ2v) is 6.21. The monoisotopic (exact) mass is 320 g/mol. The van der Waals surface area contributed by atoms with E-state index in [-0.39, 0.29) is 0 Å². The van der Waals surface area contributed by atoms with Crippen LogP contribution in [0.15, 0.2) is 4.47 Å². The van der Waals surface area contributed by atoms with E-state index in [4.69, 9.17) is 11.6 Å². The molecule has 1 aliphatic rings. The normalized spacial score (nSPS) is 15.4. The van der Waals surface area contributed by atoms with Crippen molar-refractivity contribution in [2.24, 2.45) is 0 Å². The Bertz CT molecular complexity index is 382. The molecule has 1 aromatic heterocycles. The standard InChI is InChI=1S/C11H14BrClN2S/c1-2-5-16-6-8-14-10(7-3-4-7)9(12)11(13)15-8/h7H,2-6H2,1H3. The van der Waals surface area contributed by atoms with Crippen LogP contribution in [0.5, 0.6) is 0 Å². The summed E-state index contributed by atoms with van der Waals surface area (Å²) in [4.78, 5) is 8.91. The van der Waals surface area contributed by atoms with Crippen molar-refractivity contribution in [1.29, 1.82) is 0 Å². The van der Waals surface area contributed by atoms with Crippen LogP contribution >= 0.6 is 39.3 Å². The van der Waals surface area contributed by atoms with Crippen LogP contribution in [-0.4, -0.2) is 15.7 Å². The molecule has 1 heterocycles. The van der Waals surface area contributed by atoms with Crippen molar-refractivity contribution < 1.29 is 0 Å². The molecule has 5 heteroatoms. The highest BCUT2D eigenvalue weighted by molar-refractivity contribution is 9.10. The summed E-state index contributed by atoms with van der Waals surface area (Å²) in [7, 11) is 0. The van der Waals surface area contributed by atoms with Gasteiger partial charge in [0.2, 0.25) is 0 Å². The number of rotatable bonds is 5. The van der Waals surface area contributed by atoms with Gasteiger partial charge in [0.05, 0.1) is 15.9 Å². The van der Waals surface area contributed by atoms with Gasteiger partial charge < -0.3 is 0 Å². The molecular weight excluding hydrogens is 308 g/mol. The predicted molar refractivity (Wildman–Crippen MR) is 73.2 cm³/mol. The Kier molecular flexibility index (Phi) is 4.50. The molecule has 1 aliphatic carbocycles. The van der Waals surface area contributed by atoms with E-state index < -0.39 is 0 Å². The maximum absolute atomic E-state index is 6.10. The van der Waals surface area contributed by atoms with Gasteiger partial charge in [-0.25, -0.2) is 9.97 Å². The molecular formula is C11H14BrClN2S. The molecule has 0 spiro atoms. The van der Waals surface area contributed by atoms with E-state index in [0.29, 0.717) is 11.1 Å². The fraction of sp³-hybridized carbons (Fsp3) is 0.636. The van der Waals surface area contributed by atoms with E-state index in [2.05, 4.69) is 32.8 Å². The quantitative estimate of drug-likeness (QED) is 0.593. The molecule has 16 heavy (non-hydrogen) atoms. The minimum Gasteiger partial charge on any atom is -0.235 e. The van der Waals surface area contributed by atoms with E-state index in [1.165, 1.54) is 19.3 Å². The van der Waals surface area contributed by atoms with Gasteiger partial charge in [0.15, 0.2) is 0 Å². The van der Waals surface area contributed by atoms with Crippen LogP contribution in [-0.2, 0) is 5.75 Å². The number of nitrogens with zero attached hydrogens (tertiary/aromatic N) is 2. The minimum absolute atomic E-state index is 0.559. The zero-order chi connectivity index (χ0) is 11.5. The van der Waals surface area contributed by atoms with Crippen molar-refractivity contribution in [1.82, 2.24) is 9.97 Å². The van der Waals surface area contributed by atoms with Crippen molar-refractivity contribution in [3.8, 4) is 0 Å². The molecule has 0 N–H and O–H groups in total. The van der Waals surface area contributed by atoms with Gasteiger partial charge in [-0.2, -0.15) is 11.8 Å². The lowest BCUT2D eigenvalue weighted by molar-refractivity contribution is 0.919. The second kappa shape index (κ2) is 5.69. The van der Waals surface area contributed by atoms with Crippen molar-refractivity contribution in [2.45, 2.75) is 37.9 Å². The lowest BCUT2D eigenvalue weighted by atomic mass is 10.3. The van der Waals surface area contributed by atoms with Gasteiger partial charge in [-0.15, -0.1) is 0 Å². The molecule has 2 rings (SSSR count). The van der Waals surface area contributed by atoms with Crippen molar-refractivity contribution in [2.75, 3.05) is 5.75 Å². The average Bonchev–Trinajstić information content (AvgIpc) is 3.07. The SMILES string of the molecule is CCCSCc1nc(Cl)c(Br)c(C2CC2)n1. The van der Waals surface area contributed by atoms with Gasteiger partial charge in [0, 0.05) is 5.92 Å². The highest BCUT2D eigenvalue weighted by Gasteiger charge is 2.29. The summed E-state index contributed by atoms with van der Waals surface area (Å²) in [6.07, 6.45) is 3.64. The number of halogens is 2. The van der Waals surface area contributed by atoms with Crippen molar-refractivity contribution >= 4 is 39.3 Å². The topological polar surface area (TPSA) is 25.8 Å². The Hall–Kier alpha value is 0.200. The summed E-state index contributed by atoms with van der Waals surface area (Å²) in [6, 6.07) is 0.